The van der Waals surface area contributed by atoms with Gasteiger partial charge in [0.15, 0.2) is 5.78 Å². The van der Waals surface area contributed by atoms with Crippen molar-refractivity contribution in [3.63, 3.8) is 0 Å². The van der Waals surface area contributed by atoms with Crippen LogP contribution in [-0.4, -0.2) is 11.8 Å². The van der Waals surface area contributed by atoms with Crippen LogP contribution in [0.5, 0.6) is 0 Å². The van der Waals surface area contributed by atoms with Gasteiger partial charge in [0.05, 0.1) is 11.3 Å². The van der Waals surface area contributed by atoms with E-state index in [1.807, 2.05) is 48.5 Å². The molecule has 2 aromatic carbocycles. The van der Waals surface area contributed by atoms with Gasteiger partial charge in [-0.2, -0.15) is 0 Å². The van der Waals surface area contributed by atoms with Gasteiger partial charge in [-0.25, -0.2) is 0 Å². The zero-order valence-corrected chi connectivity index (χ0v) is 13.2. The van der Waals surface area contributed by atoms with Gasteiger partial charge in [-0.15, -0.1) is 0 Å². The lowest BCUT2D eigenvalue weighted by molar-refractivity contribution is -0.149. The summed E-state index contributed by atoms with van der Waals surface area (Å²) in [7, 11) is 0. The monoisotopic (exact) mass is 306 g/mol. The molecule has 3 rings (SSSR count). The first kappa shape index (κ1) is 15.2. The van der Waals surface area contributed by atoms with Crippen molar-refractivity contribution < 1.29 is 14.3 Å². The Morgan fingerprint density at radius 3 is 2.13 bits per heavy atom. The van der Waals surface area contributed by atoms with Crippen molar-refractivity contribution in [1.82, 2.24) is 0 Å². The Balaban J connectivity index is 2.04. The molecule has 23 heavy (non-hydrogen) atoms. The van der Waals surface area contributed by atoms with Gasteiger partial charge in [-0.3, -0.25) is 9.59 Å². The van der Waals surface area contributed by atoms with E-state index in [4.69, 9.17) is 4.74 Å². The molecule has 3 heteroatoms. The second-order valence-electron chi connectivity index (χ2n) is 6.22. The minimum absolute atomic E-state index is 0.0688. The van der Waals surface area contributed by atoms with Crippen molar-refractivity contribution >= 4 is 17.5 Å². The third-order valence-electron chi connectivity index (χ3n) is 4.22. The molecule has 0 bridgehead atoms. The first-order valence-corrected chi connectivity index (χ1v) is 7.59. The number of carbonyl (C=O) groups excluding carboxylic acids is 2. The standard InChI is InChI=1S/C20H18O3/c1-20(2)16(18(21)15-11-7-4-8-12-15)13-17(23-19(20)22)14-9-5-3-6-10-14/h3-13,16H,1-2H3. The Morgan fingerprint density at radius 2 is 1.52 bits per heavy atom. The fourth-order valence-corrected chi connectivity index (χ4v) is 2.70. The summed E-state index contributed by atoms with van der Waals surface area (Å²) in [6.07, 6.45) is 1.77. The normalized spacial score (nSPS) is 19.7. The Kier molecular flexibility index (Phi) is 3.87. The van der Waals surface area contributed by atoms with Gasteiger partial charge < -0.3 is 4.74 Å². The maximum Gasteiger partial charge on any atom is 0.317 e. The fraction of sp³-hybridized carbons (Fsp3) is 0.200. The predicted octanol–water partition coefficient (Wildman–Crippen LogP) is 4.11. The quantitative estimate of drug-likeness (QED) is 0.633. The molecule has 1 heterocycles. The summed E-state index contributed by atoms with van der Waals surface area (Å²) >= 11 is 0. The van der Waals surface area contributed by atoms with Crippen LogP contribution >= 0.6 is 0 Å². The molecule has 0 saturated carbocycles. The molecule has 1 aliphatic heterocycles. The smallest absolute Gasteiger partial charge is 0.317 e. The molecule has 1 unspecified atom stereocenters. The first-order chi connectivity index (χ1) is 11.0. The summed E-state index contributed by atoms with van der Waals surface area (Å²) in [6, 6.07) is 18.4. The maximum absolute atomic E-state index is 12.9. The second-order valence-corrected chi connectivity index (χ2v) is 6.22. The minimum atomic E-state index is -0.898. The largest absolute Gasteiger partial charge is 0.426 e. The lowest BCUT2D eigenvalue weighted by atomic mass is 9.73. The number of benzene rings is 2. The highest BCUT2D eigenvalue weighted by Gasteiger charge is 2.45. The molecule has 2 aromatic rings. The Bertz CT molecular complexity index is 758. The van der Waals surface area contributed by atoms with Crippen LogP contribution in [0.2, 0.25) is 0 Å². The Labute approximate surface area is 135 Å². The highest BCUT2D eigenvalue weighted by atomic mass is 16.5. The third-order valence-corrected chi connectivity index (χ3v) is 4.22. The molecule has 1 atom stereocenters. The van der Waals surface area contributed by atoms with E-state index >= 15 is 0 Å². The predicted molar refractivity (Wildman–Crippen MR) is 88.6 cm³/mol. The van der Waals surface area contributed by atoms with Crippen LogP contribution in [0.1, 0.15) is 29.8 Å². The number of esters is 1. The average molecular weight is 306 g/mol. The Morgan fingerprint density at radius 1 is 0.957 bits per heavy atom. The number of hydrogen-bond acceptors (Lipinski definition) is 3. The number of cyclic esters (lactones) is 1. The summed E-state index contributed by atoms with van der Waals surface area (Å²) in [4.78, 5) is 25.3. The van der Waals surface area contributed by atoms with Gasteiger partial charge in [-0.1, -0.05) is 60.7 Å². The van der Waals surface area contributed by atoms with Crippen LogP contribution in [0, 0.1) is 11.3 Å². The van der Waals surface area contributed by atoms with Gasteiger partial charge in [-0.05, 0) is 19.9 Å². The van der Waals surface area contributed by atoms with Crippen molar-refractivity contribution in [2.75, 3.05) is 0 Å². The topological polar surface area (TPSA) is 43.4 Å². The second kappa shape index (κ2) is 5.84. The highest BCUT2D eigenvalue weighted by Crippen LogP contribution is 2.39. The van der Waals surface area contributed by atoms with Gasteiger partial charge in [0.1, 0.15) is 5.76 Å². The number of hydrogen-bond donors (Lipinski definition) is 0. The van der Waals surface area contributed by atoms with Crippen LogP contribution in [0.25, 0.3) is 5.76 Å². The summed E-state index contributed by atoms with van der Waals surface area (Å²) < 4.78 is 5.47. The first-order valence-electron chi connectivity index (χ1n) is 7.59. The van der Waals surface area contributed by atoms with Gasteiger partial charge in [0.2, 0.25) is 0 Å². The zero-order valence-electron chi connectivity index (χ0n) is 13.2. The lowest BCUT2D eigenvalue weighted by Crippen LogP contribution is -2.41. The molecule has 0 N–H and O–H groups in total. The number of carbonyl (C=O) groups is 2. The van der Waals surface area contributed by atoms with Crippen molar-refractivity contribution in [2.45, 2.75) is 13.8 Å². The summed E-state index contributed by atoms with van der Waals surface area (Å²) in [6.45, 7) is 3.50. The number of allylic oxidation sites excluding steroid dienone is 1. The van der Waals surface area contributed by atoms with Crippen molar-refractivity contribution in [2.24, 2.45) is 11.3 Å². The van der Waals surface area contributed by atoms with Crippen molar-refractivity contribution in [1.29, 1.82) is 0 Å². The number of rotatable bonds is 3. The number of ketones is 1. The van der Waals surface area contributed by atoms with Gasteiger partial charge >= 0.3 is 5.97 Å². The Hall–Kier alpha value is -2.68. The minimum Gasteiger partial charge on any atom is -0.426 e. The average Bonchev–Trinajstić information content (AvgIpc) is 2.58. The van der Waals surface area contributed by atoms with Gasteiger partial charge in [0, 0.05) is 11.1 Å². The summed E-state index contributed by atoms with van der Waals surface area (Å²) in [5.74, 6) is -0.556. The molecule has 1 aliphatic rings. The molecular formula is C20H18O3. The van der Waals surface area contributed by atoms with Crippen LogP contribution in [0.3, 0.4) is 0 Å². The molecule has 0 spiro atoms. The van der Waals surface area contributed by atoms with Crippen molar-refractivity contribution in [3.05, 3.63) is 77.9 Å². The molecule has 0 saturated heterocycles. The van der Waals surface area contributed by atoms with E-state index in [0.29, 0.717) is 11.3 Å². The summed E-state index contributed by atoms with van der Waals surface area (Å²) in [5, 5.41) is 0. The van der Waals surface area contributed by atoms with Gasteiger partial charge in [0.25, 0.3) is 0 Å². The molecule has 0 fully saturated rings. The fourth-order valence-electron chi connectivity index (χ4n) is 2.70. The van der Waals surface area contributed by atoms with E-state index < -0.39 is 11.3 Å². The van der Waals surface area contributed by atoms with Crippen LogP contribution < -0.4 is 0 Å². The van der Waals surface area contributed by atoms with E-state index in [9.17, 15) is 9.59 Å². The van der Waals surface area contributed by atoms with Crippen LogP contribution in [0.15, 0.2) is 66.7 Å². The molecule has 3 nitrogen and oxygen atoms in total. The molecule has 0 amide bonds. The lowest BCUT2D eigenvalue weighted by Gasteiger charge is -2.34. The van der Waals surface area contributed by atoms with E-state index in [-0.39, 0.29) is 11.8 Å². The third kappa shape index (κ3) is 2.82. The SMILES string of the molecule is CC1(C)C(=O)OC(c2ccccc2)=CC1C(=O)c1ccccc1. The van der Waals surface area contributed by atoms with E-state index in [0.717, 1.165) is 5.56 Å². The number of Topliss-reactive ketones (excluding diaryl/α,β-unsaturated/α-hetero) is 1. The maximum atomic E-state index is 12.9. The van der Waals surface area contributed by atoms with Crippen molar-refractivity contribution in [3.8, 4) is 0 Å². The molecule has 0 radical (unpaired) electrons. The van der Waals surface area contributed by atoms with E-state index in [1.165, 1.54) is 0 Å². The summed E-state index contributed by atoms with van der Waals surface area (Å²) in [5.41, 5.74) is 0.497. The molecular weight excluding hydrogens is 288 g/mol. The molecule has 0 aromatic heterocycles. The number of ether oxygens (including phenoxy) is 1. The molecule has 0 aliphatic carbocycles. The zero-order chi connectivity index (χ0) is 16.4. The van der Waals surface area contributed by atoms with Crippen LogP contribution in [0.4, 0.5) is 0 Å². The van der Waals surface area contributed by atoms with E-state index in [2.05, 4.69) is 0 Å². The van der Waals surface area contributed by atoms with E-state index in [1.54, 1.807) is 32.1 Å². The highest BCUT2D eigenvalue weighted by molar-refractivity contribution is 6.04. The molecule has 116 valence electrons. The van der Waals surface area contributed by atoms with Crippen LogP contribution in [-0.2, 0) is 9.53 Å².